The van der Waals surface area contributed by atoms with Crippen molar-refractivity contribution in [3.8, 4) is 0 Å². The second-order valence-corrected chi connectivity index (χ2v) is 7.72. The third-order valence-corrected chi connectivity index (χ3v) is 6.74. The molecule has 2 aliphatic heterocycles. The van der Waals surface area contributed by atoms with E-state index in [9.17, 15) is 15.0 Å². The van der Waals surface area contributed by atoms with Crippen LogP contribution in [0.2, 0.25) is 0 Å². The predicted molar refractivity (Wildman–Crippen MR) is 73.7 cm³/mol. The highest BCUT2D eigenvalue weighted by Gasteiger charge is 2.85. The molecule has 4 rings (SSSR count). The fourth-order valence-corrected chi connectivity index (χ4v) is 5.24. The number of halogens is 1. The molecular weight excluding hydrogens is 296 g/mol. The first-order valence-electron chi connectivity index (χ1n) is 7.31. The molecule has 2 saturated heterocycles. The van der Waals surface area contributed by atoms with Crippen LogP contribution < -0.4 is 0 Å². The van der Waals surface area contributed by atoms with Crippen LogP contribution in [0.5, 0.6) is 0 Å². The van der Waals surface area contributed by atoms with Crippen molar-refractivity contribution in [2.45, 2.75) is 61.1 Å². The summed E-state index contributed by atoms with van der Waals surface area (Å²) < 4.78 is 11.3. The summed E-state index contributed by atoms with van der Waals surface area (Å²) in [7, 11) is 0. The number of ether oxygens (including phenoxy) is 2. The van der Waals surface area contributed by atoms with Crippen LogP contribution in [-0.4, -0.2) is 50.6 Å². The summed E-state index contributed by atoms with van der Waals surface area (Å²) in [5, 5.41) is 21.2. The van der Waals surface area contributed by atoms with E-state index in [1.807, 2.05) is 0 Å². The molecule has 0 bridgehead atoms. The normalized spacial score (nSPS) is 61.7. The maximum absolute atomic E-state index is 11.9. The number of rotatable bonds is 0. The minimum atomic E-state index is -1.27. The number of hydrogen-bond acceptors (Lipinski definition) is 5. The number of esters is 1. The molecule has 2 aliphatic carbocycles. The average molecular weight is 315 g/mol. The molecule has 0 aromatic heterocycles. The maximum atomic E-state index is 11.9. The molecule has 116 valence electrons. The van der Waals surface area contributed by atoms with E-state index < -0.39 is 46.3 Å². The zero-order chi connectivity index (χ0) is 15.4. The first-order chi connectivity index (χ1) is 9.64. The van der Waals surface area contributed by atoms with Gasteiger partial charge in [-0.3, -0.25) is 0 Å². The maximum Gasteiger partial charge on any atom is 0.334 e. The van der Waals surface area contributed by atoms with Crippen LogP contribution in [0, 0.1) is 11.8 Å². The van der Waals surface area contributed by atoms with Crippen LogP contribution in [-0.2, 0) is 14.3 Å². The SMILES string of the molecule is C=C1C(=O)O[C@H]2[C@H]1CC[C@@](C)(O)[C@]13O[C@H]1[C@H](Cl)[C@@](C)(O)[C@H]23. The van der Waals surface area contributed by atoms with E-state index in [-0.39, 0.29) is 5.92 Å². The molecule has 5 nitrogen and oxygen atoms in total. The predicted octanol–water partition coefficient (Wildman–Crippen LogP) is 0.755. The summed E-state index contributed by atoms with van der Waals surface area (Å²) in [5.74, 6) is -1.18. The van der Waals surface area contributed by atoms with Gasteiger partial charge in [0.15, 0.2) is 0 Å². The first-order valence-corrected chi connectivity index (χ1v) is 7.74. The Morgan fingerprint density at radius 3 is 2.71 bits per heavy atom. The molecule has 2 N–H and O–H groups in total. The lowest BCUT2D eigenvalue weighted by molar-refractivity contribution is -0.159. The molecule has 21 heavy (non-hydrogen) atoms. The lowest BCUT2D eigenvalue weighted by atomic mass is 9.73. The summed E-state index contributed by atoms with van der Waals surface area (Å²) >= 11 is 6.36. The van der Waals surface area contributed by atoms with E-state index in [0.717, 1.165) is 0 Å². The Balaban J connectivity index is 1.87. The quantitative estimate of drug-likeness (QED) is 0.299. The van der Waals surface area contributed by atoms with Gasteiger partial charge in [-0.2, -0.15) is 0 Å². The minimum absolute atomic E-state index is 0.202. The van der Waals surface area contributed by atoms with Gasteiger partial charge in [-0.15, -0.1) is 11.6 Å². The van der Waals surface area contributed by atoms with Gasteiger partial charge < -0.3 is 19.7 Å². The molecule has 8 atom stereocenters. The Kier molecular flexibility index (Phi) is 2.43. The molecule has 0 amide bonds. The number of carbonyl (C=O) groups excluding carboxylic acids is 1. The smallest absolute Gasteiger partial charge is 0.334 e. The number of fused-ring (bicyclic) bond motifs is 2. The minimum Gasteiger partial charge on any atom is -0.458 e. The van der Waals surface area contributed by atoms with Gasteiger partial charge in [0.2, 0.25) is 0 Å². The molecule has 6 heteroatoms. The van der Waals surface area contributed by atoms with Gasteiger partial charge in [0.1, 0.15) is 17.8 Å². The number of hydrogen-bond donors (Lipinski definition) is 2. The first kappa shape index (κ1) is 14.0. The van der Waals surface area contributed by atoms with Gasteiger partial charge in [-0.05, 0) is 26.7 Å². The highest BCUT2D eigenvalue weighted by molar-refractivity contribution is 6.22. The number of aliphatic hydroxyl groups is 2. The molecule has 2 heterocycles. The van der Waals surface area contributed by atoms with E-state index >= 15 is 0 Å². The third-order valence-electron chi connectivity index (χ3n) is 6.07. The molecule has 4 fully saturated rings. The molecule has 2 saturated carbocycles. The zero-order valence-electron chi connectivity index (χ0n) is 12.0. The van der Waals surface area contributed by atoms with Crippen molar-refractivity contribution in [3.05, 3.63) is 12.2 Å². The Hall–Kier alpha value is -0.620. The molecule has 0 aromatic rings. The van der Waals surface area contributed by atoms with Crippen LogP contribution in [0.1, 0.15) is 26.7 Å². The van der Waals surface area contributed by atoms with Crippen molar-refractivity contribution in [2.75, 3.05) is 0 Å². The molecule has 0 aromatic carbocycles. The van der Waals surface area contributed by atoms with Crippen LogP contribution in [0.15, 0.2) is 12.2 Å². The summed E-state index contributed by atoms with van der Waals surface area (Å²) in [6.45, 7) is 7.17. The average Bonchev–Trinajstić information content (AvgIpc) is 3.03. The summed E-state index contributed by atoms with van der Waals surface area (Å²) in [5.41, 5.74) is -2.91. The van der Waals surface area contributed by atoms with Crippen molar-refractivity contribution in [3.63, 3.8) is 0 Å². The topological polar surface area (TPSA) is 79.3 Å². The van der Waals surface area contributed by atoms with Gasteiger partial charge in [-0.25, -0.2) is 4.79 Å². The van der Waals surface area contributed by atoms with E-state index in [4.69, 9.17) is 21.1 Å². The molecule has 0 unspecified atom stereocenters. The van der Waals surface area contributed by atoms with Crippen molar-refractivity contribution >= 4 is 17.6 Å². The van der Waals surface area contributed by atoms with Crippen molar-refractivity contribution < 1.29 is 24.5 Å². The Morgan fingerprint density at radius 2 is 2.05 bits per heavy atom. The Bertz CT molecular complexity index is 556. The van der Waals surface area contributed by atoms with Gasteiger partial charge in [0.05, 0.1) is 22.5 Å². The highest BCUT2D eigenvalue weighted by Crippen LogP contribution is 2.69. The monoisotopic (exact) mass is 314 g/mol. The standard InChI is InChI=1S/C15H19ClO5/c1-6-7-4-5-13(2,18)15-9(8(7)20-12(6)17)14(3,19)10(16)11(15)21-15/h7-11,18-19H,1,4-5H2,2-3H3/t7-,8-,9-,10-,11-,13+,14-,15+/m0/s1. The Labute approximate surface area is 127 Å². The number of carbonyl (C=O) groups is 1. The highest BCUT2D eigenvalue weighted by atomic mass is 35.5. The fourth-order valence-electron chi connectivity index (χ4n) is 4.86. The van der Waals surface area contributed by atoms with Gasteiger partial charge >= 0.3 is 5.97 Å². The summed E-state index contributed by atoms with van der Waals surface area (Å²) in [6.07, 6.45) is 0.0825. The van der Waals surface area contributed by atoms with Crippen molar-refractivity contribution in [1.82, 2.24) is 0 Å². The van der Waals surface area contributed by atoms with Gasteiger partial charge in [0, 0.05) is 11.5 Å². The molecule has 4 aliphatic rings. The second-order valence-electron chi connectivity index (χ2n) is 7.25. The van der Waals surface area contributed by atoms with Crippen LogP contribution in [0.4, 0.5) is 0 Å². The number of epoxide rings is 1. The molecule has 0 radical (unpaired) electrons. The zero-order valence-corrected chi connectivity index (χ0v) is 12.8. The number of alkyl halides is 1. The Morgan fingerprint density at radius 1 is 1.38 bits per heavy atom. The largest absolute Gasteiger partial charge is 0.458 e. The lowest BCUT2D eigenvalue weighted by Gasteiger charge is -2.40. The van der Waals surface area contributed by atoms with E-state index in [1.54, 1.807) is 13.8 Å². The van der Waals surface area contributed by atoms with E-state index in [0.29, 0.717) is 18.4 Å². The summed E-state index contributed by atoms with van der Waals surface area (Å²) in [6, 6.07) is 0. The molecular formula is C15H19ClO5. The van der Waals surface area contributed by atoms with Crippen molar-refractivity contribution in [2.24, 2.45) is 11.8 Å². The van der Waals surface area contributed by atoms with Gasteiger partial charge in [-0.1, -0.05) is 6.58 Å². The van der Waals surface area contributed by atoms with E-state index in [2.05, 4.69) is 6.58 Å². The van der Waals surface area contributed by atoms with Crippen LogP contribution in [0.3, 0.4) is 0 Å². The van der Waals surface area contributed by atoms with Gasteiger partial charge in [0.25, 0.3) is 0 Å². The van der Waals surface area contributed by atoms with Crippen molar-refractivity contribution in [1.29, 1.82) is 0 Å². The lowest BCUT2D eigenvalue weighted by Crippen LogP contribution is -2.56. The van der Waals surface area contributed by atoms with Crippen LogP contribution >= 0.6 is 11.6 Å². The second kappa shape index (κ2) is 3.65. The summed E-state index contributed by atoms with van der Waals surface area (Å²) in [4.78, 5) is 11.9. The van der Waals surface area contributed by atoms with Crippen LogP contribution in [0.25, 0.3) is 0 Å². The fraction of sp³-hybridized carbons (Fsp3) is 0.800. The van der Waals surface area contributed by atoms with E-state index in [1.165, 1.54) is 0 Å². The molecule has 1 spiro atoms. The third kappa shape index (κ3) is 1.37.